The van der Waals surface area contributed by atoms with Gasteiger partial charge in [0.05, 0.1) is 5.60 Å². The van der Waals surface area contributed by atoms with E-state index in [1.165, 1.54) is 0 Å². The molecular weight excluding hydrogens is 525 g/mol. The molecule has 5 rings (SSSR count). The summed E-state index contributed by atoms with van der Waals surface area (Å²) in [5.74, 6) is 0.774. The van der Waals surface area contributed by atoms with Crippen LogP contribution in [0.4, 0.5) is 0 Å². The molecule has 1 N–H and O–H groups in total. The Morgan fingerprint density at radius 2 is 1.97 bits per heavy atom. The Balaban J connectivity index is 1.29. The topological polar surface area (TPSA) is 80.0 Å². The summed E-state index contributed by atoms with van der Waals surface area (Å²) in [6.07, 6.45) is 5.15. The molecule has 38 heavy (non-hydrogen) atoms. The lowest BCUT2D eigenvalue weighted by Crippen LogP contribution is -2.54. The van der Waals surface area contributed by atoms with Gasteiger partial charge in [0.1, 0.15) is 17.9 Å². The molecule has 0 radical (unpaired) electrons. The van der Waals surface area contributed by atoms with E-state index in [0.29, 0.717) is 52.9 Å². The van der Waals surface area contributed by atoms with Gasteiger partial charge in [-0.05, 0) is 69.4 Å². The van der Waals surface area contributed by atoms with Crippen molar-refractivity contribution >= 4 is 40.1 Å². The van der Waals surface area contributed by atoms with Crippen molar-refractivity contribution < 1.29 is 19.1 Å². The van der Waals surface area contributed by atoms with Gasteiger partial charge in [0.25, 0.3) is 0 Å². The first-order chi connectivity index (χ1) is 18.2. The van der Waals surface area contributed by atoms with E-state index in [1.54, 1.807) is 12.1 Å². The van der Waals surface area contributed by atoms with Gasteiger partial charge in [-0.2, -0.15) is 0 Å². The average molecular weight is 559 g/mol. The number of rotatable bonds is 6. The summed E-state index contributed by atoms with van der Waals surface area (Å²) in [7, 11) is 0. The van der Waals surface area contributed by atoms with E-state index in [1.807, 2.05) is 36.9 Å². The standard InChI is InChI=1S/C30H33Cl2NO5/c1-18-23-8-10-26(37-17-20-6-7-22(31)15-25(20)32)19(2)28(23)38-29(35)24(18)9-11-27(34)33-14-13-30(36)12-4-3-5-21(30)16-33/h6-8,10,15,21,36H,3-5,9,11-14,16-17H2,1-2H3/t21-,30+/m1/s1. The Morgan fingerprint density at radius 3 is 2.76 bits per heavy atom. The van der Waals surface area contributed by atoms with Crippen molar-refractivity contribution in [1.29, 1.82) is 0 Å². The Hall–Kier alpha value is -2.54. The van der Waals surface area contributed by atoms with Gasteiger partial charge in [-0.1, -0.05) is 42.1 Å². The fourth-order valence-corrected chi connectivity index (χ4v) is 6.46. The lowest BCUT2D eigenvalue weighted by Gasteiger charge is -2.47. The molecule has 2 heterocycles. The summed E-state index contributed by atoms with van der Waals surface area (Å²) >= 11 is 12.2. The maximum absolute atomic E-state index is 13.0. The molecule has 0 bridgehead atoms. The SMILES string of the molecule is Cc1c(CCC(=O)N2CC[C@@]3(O)CCCC[C@@H]3C2)c(=O)oc2c(C)c(OCc3ccc(Cl)cc3Cl)ccc12. The number of nitrogens with zero attached hydrogens (tertiary/aromatic N) is 1. The first-order valence-electron chi connectivity index (χ1n) is 13.3. The molecule has 3 aromatic rings. The fourth-order valence-electron chi connectivity index (χ4n) is 6.00. The summed E-state index contributed by atoms with van der Waals surface area (Å²) in [6.45, 7) is 5.18. The number of aryl methyl sites for hydroxylation is 2. The second-order valence-corrected chi connectivity index (χ2v) is 11.6. The Morgan fingerprint density at radius 1 is 1.16 bits per heavy atom. The first kappa shape index (κ1) is 27.0. The smallest absolute Gasteiger partial charge is 0.339 e. The minimum absolute atomic E-state index is 0.0253. The van der Waals surface area contributed by atoms with E-state index in [0.717, 1.165) is 47.8 Å². The van der Waals surface area contributed by atoms with Crippen molar-refractivity contribution in [2.45, 2.75) is 71.0 Å². The molecule has 2 aliphatic rings. The molecule has 1 amide bonds. The summed E-state index contributed by atoms with van der Waals surface area (Å²) in [5.41, 5.74) is 2.31. The number of fused-ring (bicyclic) bond motifs is 2. The number of carbonyl (C=O) groups is 1. The normalized spacial score (nSPS) is 21.4. The zero-order valence-electron chi connectivity index (χ0n) is 21.8. The van der Waals surface area contributed by atoms with Gasteiger partial charge < -0.3 is 19.2 Å². The molecule has 0 unspecified atom stereocenters. The van der Waals surface area contributed by atoms with Crippen molar-refractivity contribution in [1.82, 2.24) is 4.90 Å². The second-order valence-electron chi connectivity index (χ2n) is 10.7. The van der Waals surface area contributed by atoms with Crippen LogP contribution in [0.15, 0.2) is 39.5 Å². The molecular formula is C30H33Cl2NO5. The van der Waals surface area contributed by atoms with Crippen LogP contribution in [-0.2, 0) is 17.8 Å². The third-order valence-electron chi connectivity index (χ3n) is 8.42. The fraction of sp³-hybridized carbons (Fsp3) is 0.467. The van der Waals surface area contributed by atoms with Gasteiger partial charge >= 0.3 is 5.63 Å². The van der Waals surface area contributed by atoms with Gasteiger partial charge in [0, 0.05) is 57.6 Å². The lowest BCUT2D eigenvalue weighted by molar-refractivity contribution is -0.143. The molecule has 1 aromatic heterocycles. The third kappa shape index (κ3) is 5.31. The van der Waals surface area contributed by atoms with Crippen molar-refractivity contribution in [3.05, 3.63) is 73.1 Å². The molecule has 1 saturated heterocycles. The minimum atomic E-state index is -0.619. The number of amides is 1. The van der Waals surface area contributed by atoms with Crippen LogP contribution >= 0.6 is 23.2 Å². The highest BCUT2D eigenvalue weighted by molar-refractivity contribution is 6.35. The zero-order valence-corrected chi connectivity index (χ0v) is 23.3. The number of piperidine rings is 1. The van der Waals surface area contributed by atoms with E-state index in [-0.39, 0.29) is 24.9 Å². The molecule has 1 saturated carbocycles. The highest BCUT2D eigenvalue weighted by atomic mass is 35.5. The van der Waals surface area contributed by atoms with Gasteiger partial charge in [0.2, 0.25) is 5.91 Å². The number of likely N-dealkylation sites (tertiary alicyclic amines) is 1. The van der Waals surface area contributed by atoms with E-state index >= 15 is 0 Å². The van der Waals surface area contributed by atoms with Crippen LogP contribution in [-0.4, -0.2) is 34.6 Å². The number of hydrogen-bond acceptors (Lipinski definition) is 5. The Labute approximate surface area is 232 Å². The lowest BCUT2D eigenvalue weighted by atomic mass is 9.71. The quantitative estimate of drug-likeness (QED) is 0.355. The molecule has 6 nitrogen and oxygen atoms in total. The van der Waals surface area contributed by atoms with Crippen LogP contribution in [0.25, 0.3) is 11.0 Å². The van der Waals surface area contributed by atoms with Crippen LogP contribution in [0.5, 0.6) is 5.75 Å². The highest BCUT2D eigenvalue weighted by Gasteiger charge is 2.43. The Bertz CT molecular complexity index is 1430. The monoisotopic (exact) mass is 557 g/mol. The molecule has 202 valence electrons. The average Bonchev–Trinajstić information content (AvgIpc) is 2.88. The van der Waals surface area contributed by atoms with Gasteiger partial charge in [-0.15, -0.1) is 0 Å². The second kappa shape index (κ2) is 10.9. The predicted molar refractivity (Wildman–Crippen MR) is 149 cm³/mol. The first-order valence-corrected chi connectivity index (χ1v) is 14.0. The molecule has 2 atom stereocenters. The van der Waals surface area contributed by atoms with E-state index in [4.69, 9.17) is 32.4 Å². The highest BCUT2D eigenvalue weighted by Crippen LogP contribution is 2.40. The molecule has 0 spiro atoms. The number of benzene rings is 2. The van der Waals surface area contributed by atoms with E-state index in [2.05, 4.69) is 0 Å². The summed E-state index contributed by atoms with van der Waals surface area (Å²) in [6, 6.07) is 9.00. The number of hydrogen-bond donors (Lipinski definition) is 1. The van der Waals surface area contributed by atoms with Crippen molar-refractivity contribution in [2.75, 3.05) is 13.1 Å². The van der Waals surface area contributed by atoms with Crippen LogP contribution in [0.3, 0.4) is 0 Å². The maximum atomic E-state index is 13.0. The van der Waals surface area contributed by atoms with Crippen molar-refractivity contribution in [2.24, 2.45) is 5.92 Å². The van der Waals surface area contributed by atoms with Crippen LogP contribution in [0.2, 0.25) is 10.0 Å². The maximum Gasteiger partial charge on any atom is 0.339 e. The van der Waals surface area contributed by atoms with Gasteiger partial charge in [-0.25, -0.2) is 4.79 Å². The Kier molecular flexibility index (Phi) is 7.77. The van der Waals surface area contributed by atoms with Crippen LogP contribution < -0.4 is 10.4 Å². The number of ether oxygens (including phenoxy) is 1. The van der Waals surface area contributed by atoms with E-state index in [9.17, 15) is 14.7 Å². The molecule has 2 aromatic carbocycles. The molecule has 2 fully saturated rings. The van der Waals surface area contributed by atoms with Gasteiger partial charge in [0.15, 0.2) is 0 Å². The third-order valence-corrected chi connectivity index (χ3v) is 9.01. The summed E-state index contributed by atoms with van der Waals surface area (Å²) < 4.78 is 11.8. The summed E-state index contributed by atoms with van der Waals surface area (Å²) in [4.78, 5) is 27.9. The van der Waals surface area contributed by atoms with Crippen LogP contribution in [0, 0.1) is 19.8 Å². The van der Waals surface area contributed by atoms with E-state index < -0.39 is 11.2 Å². The molecule has 1 aliphatic heterocycles. The number of halogens is 2. The van der Waals surface area contributed by atoms with Crippen molar-refractivity contribution in [3.63, 3.8) is 0 Å². The molecule has 1 aliphatic carbocycles. The van der Waals surface area contributed by atoms with Crippen LogP contribution in [0.1, 0.15) is 60.8 Å². The predicted octanol–water partition coefficient (Wildman–Crippen LogP) is 6.38. The molecule has 8 heteroatoms. The number of aliphatic hydroxyl groups is 1. The largest absolute Gasteiger partial charge is 0.488 e. The zero-order chi connectivity index (χ0) is 27.0. The minimum Gasteiger partial charge on any atom is -0.488 e. The van der Waals surface area contributed by atoms with Crippen molar-refractivity contribution in [3.8, 4) is 5.75 Å². The summed E-state index contributed by atoms with van der Waals surface area (Å²) in [5, 5.41) is 12.8. The number of carbonyl (C=O) groups excluding carboxylic acids is 1. The van der Waals surface area contributed by atoms with Gasteiger partial charge in [-0.3, -0.25) is 4.79 Å².